The number of hydrogen-bond acceptors (Lipinski definition) is 3. The molecule has 0 aromatic carbocycles. The molecule has 0 heterocycles. The predicted octanol–water partition coefficient (Wildman–Crippen LogP) is 2.65. The molecule has 3 atom stereocenters. The molecule has 4 fully saturated rings. The SMILES string of the molecule is COC(=O)C(Br)CNC(=O)C12CC3CC(CC(C)(C3)C1)C2. The molecule has 118 valence electrons. The average Bonchev–Trinajstić information content (AvgIpc) is 2.40. The highest BCUT2D eigenvalue weighted by atomic mass is 79.9. The zero-order chi connectivity index (χ0) is 15.3. The van der Waals surface area contributed by atoms with Crippen LogP contribution in [-0.4, -0.2) is 30.4 Å². The molecule has 21 heavy (non-hydrogen) atoms. The highest BCUT2D eigenvalue weighted by molar-refractivity contribution is 9.10. The fraction of sp³-hybridized carbons (Fsp3) is 0.875. The van der Waals surface area contributed by atoms with Gasteiger partial charge in [-0.15, -0.1) is 0 Å². The van der Waals surface area contributed by atoms with E-state index in [2.05, 4.69) is 32.9 Å². The summed E-state index contributed by atoms with van der Waals surface area (Å²) in [6, 6.07) is 0. The lowest BCUT2D eigenvalue weighted by molar-refractivity contribution is -0.155. The van der Waals surface area contributed by atoms with Gasteiger partial charge < -0.3 is 10.1 Å². The fourth-order valence-corrected chi connectivity index (χ4v) is 5.92. The number of carbonyl (C=O) groups is 2. The Morgan fingerprint density at radius 1 is 1.29 bits per heavy atom. The molecule has 1 amide bonds. The van der Waals surface area contributed by atoms with Crippen LogP contribution in [0.5, 0.6) is 0 Å². The first-order valence-electron chi connectivity index (χ1n) is 7.86. The van der Waals surface area contributed by atoms with Gasteiger partial charge in [-0.05, 0) is 55.8 Å². The largest absolute Gasteiger partial charge is 0.468 e. The Morgan fingerprint density at radius 3 is 2.43 bits per heavy atom. The van der Waals surface area contributed by atoms with Crippen LogP contribution in [0.1, 0.15) is 45.4 Å². The maximum atomic E-state index is 12.8. The van der Waals surface area contributed by atoms with Crippen molar-refractivity contribution in [2.24, 2.45) is 22.7 Å². The van der Waals surface area contributed by atoms with E-state index in [9.17, 15) is 9.59 Å². The second kappa shape index (κ2) is 5.25. The van der Waals surface area contributed by atoms with Crippen LogP contribution in [0, 0.1) is 22.7 Å². The van der Waals surface area contributed by atoms with Crippen molar-refractivity contribution in [1.29, 1.82) is 0 Å². The summed E-state index contributed by atoms with van der Waals surface area (Å²) in [4.78, 5) is 23.7. The molecule has 4 rings (SSSR count). The van der Waals surface area contributed by atoms with E-state index in [0.717, 1.165) is 31.1 Å². The number of esters is 1. The molecule has 0 spiro atoms. The lowest BCUT2D eigenvalue weighted by Crippen LogP contribution is -2.57. The molecule has 1 N–H and O–H groups in total. The number of nitrogens with one attached hydrogen (secondary N) is 1. The van der Waals surface area contributed by atoms with Gasteiger partial charge in [0.25, 0.3) is 0 Å². The minimum absolute atomic E-state index is 0.149. The van der Waals surface area contributed by atoms with Crippen molar-refractivity contribution in [3.8, 4) is 0 Å². The van der Waals surface area contributed by atoms with Crippen LogP contribution in [0.3, 0.4) is 0 Å². The van der Waals surface area contributed by atoms with Gasteiger partial charge in [0, 0.05) is 6.54 Å². The van der Waals surface area contributed by atoms with Crippen molar-refractivity contribution in [2.45, 2.75) is 50.3 Å². The summed E-state index contributed by atoms with van der Waals surface area (Å²) in [6.45, 7) is 2.66. The molecule has 4 bridgehead atoms. The van der Waals surface area contributed by atoms with Crippen LogP contribution in [0.2, 0.25) is 0 Å². The van der Waals surface area contributed by atoms with Gasteiger partial charge in [0.15, 0.2) is 0 Å². The van der Waals surface area contributed by atoms with Crippen molar-refractivity contribution >= 4 is 27.8 Å². The molecule has 4 saturated carbocycles. The highest BCUT2D eigenvalue weighted by Crippen LogP contribution is 2.65. The molecule has 0 aromatic heterocycles. The minimum Gasteiger partial charge on any atom is -0.468 e. The van der Waals surface area contributed by atoms with Gasteiger partial charge in [-0.25, -0.2) is 0 Å². The van der Waals surface area contributed by atoms with Crippen LogP contribution in [0.4, 0.5) is 0 Å². The van der Waals surface area contributed by atoms with E-state index in [1.807, 2.05) is 0 Å². The molecule has 3 unspecified atom stereocenters. The Morgan fingerprint density at radius 2 is 1.90 bits per heavy atom. The maximum absolute atomic E-state index is 12.8. The molecule has 0 saturated heterocycles. The third kappa shape index (κ3) is 2.73. The quantitative estimate of drug-likeness (QED) is 0.621. The standard InChI is InChI=1S/C16H24BrNO3/c1-15-4-10-3-11(5-15)7-16(6-10,9-15)14(20)18-8-12(17)13(19)21-2/h10-12H,3-9H2,1-2H3,(H,18,20). The van der Waals surface area contributed by atoms with Crippen LogP contribution in [0.25, 0.3) is 0 Å². The van der Waals surface area contributed by atoms with Gasteiger partial charge in [0.2, 0.25) is 5.91 Å². The van der Waals surface area contributed by atoms with Crippen LogP contribution < -0.4 is 5.32 Å². The van der Waals surface area contributed by atoms with Gasteiger partial charge in [-0.2, -0.15) is 0 Å². The Labute approximate surface area is 134 Å². The van der Waals surface area contributed by atoms with E-state index in [0.29, 0.717) is 12.0 Å². The topological polar surface area (TPSA) is 55.4 Å². The average molecular weight is 358 g/mol. The number of halogens is 1. The zero-order valence-electron chi connectivity index (χ0n) is 12.8. The second-order valence-corrected chi connectivity index (χ2v) is 8.86. The smallest absolute Gasteiger partial charge is 0.321 e. The summed E-state index contributed by atoms with van der Waals surface area (Å²) in [5.41, 5.74) is 0.180. The summed E-state index contributed by atoms with van der Waals surface area (Å²) in [5.74, 6) is 1.26. The Kier molecular flexibility index (Phi) is 3.83. The minimum atomic E-state index is -0.462. The zero-order valence-corrected chi connectivity index (χ0v) is 14.4. The highest BCUT2D eigenvalue weighted by Gasteiger charge is 2.58. The number of amides is 1. The molecule has 4 aliphatic rings. The lowest BCUT2D eigenvalue weighted by atomic mass is 9.44. The van der Waals surface area contributed by atoms with E-state index >= 15 is 0 Å². The maximum Gasteiger partial charge on any atom is 0.321 e. The number of ether oxygens (including phenoxy) is 1. The Bertz CT molecular complexity index is 450. The van der Waals surface area contributed by atoms with E-state index in [1.165, 1.54) is 26.4 Å². The number of methoxy groups -OCH3 is 1. The predicted molar refractivity (Wildman–Crippen MR) is 83.0 cm³/mol. The van der Waals surface area contributed by atoms with Gasteiger partial charge in [-0.3, -0.25) is 9.59 Å². The Hall–Kier alpha value is -0.580. The first-order valence-corrected chi connectivity index (χ1v) is 8.78. The molecule has 4 nitrogen and oxygen atoms in total. The summed E-state index contributed by atoms with van der Waals surface area (Å²) < 4.78 is 4.67. The molecule has 0 radical (unpaired) electrons. The number of rotatable bonds is 4. The Balaban J connectivity index is 1.66. The van der Waals surface area contributed by atoms with Crippen molar-refractivity contribution in [1.82, 2.24) is 5.32 Å². The van der Waals surface area contributed by atoms with Gasteiger partial charge in [0.1, 0.15) is 4.83 Å². The van der Waals surface area contributed by atoms with Crippen molar-refractivity contribution in [3.05, 3.63) is 0 Å². The number of carbonyl (C=O) groups excluding carboxylic acids is 2. The molecule has 5 heteroatoms. The lowest BCUT2D eigenvalue weighted by Gasteiger charge is -2.60. The summed E-state index contributed by atoms with van der Waals surface area (Å²) in [6.07, 6.45) is 6.99. The monoisotopic (exact) mass is 357 g/mol. The molecular formula is C16H24BrNO3. The van der Waals surface area contributed by atoms with Crippen molar-refractivity contribution < 1.29 is 14.3 Å². The molecule has 4 aliphatic carbocycles. The first-order chi connectivity index (χ1) is 9.86. The summed E-state index contributed by atoms with van der Waals surface area (Å²) in [5, 5.41) is 2.99. The van der Waals surface area contributed by atoms with Crippen LogP contribution in [-0.2, 0) is 14.3 Å². The van der Waals surface area contributed by atoms with E-state index in [1.54, 1.807) is 0 Å². The first kappa shape index (κ1) is 15.3. The third-order valence-electron chi connectivity index (χ3n) is 5.73. The normalized spacial score (nSPS) is 41.7. The molecular weight excluding hydrogens is 334 g/mol. The summed E-state index contributed by atoms with van der Waals surface area (Å²) in [7, 11) is 1.36. The third-order valence-corrected chi connectivity index (χ3v) is 6.43. The molecule has 0 aliphatic heterocycles. The van der Waals surface area contributed by atoms with Crippen molar-refractivity contribution in [2.75, 3.05) is 13.7 Å². The van der Waals surface area contributed by atoms with Gasteiger partial charge >= 0.3 is 5.97 Å². The van der Waals surface area contributed by atoms with Gasteiger partial charge in [-0.1, -0.05) is 22.9 Å². The fourth-order valence-electron chi connectivity index (χ4n) is 5.57. The second-order valence-electron chi connectivity index (χ2n) is 7.75. The van der Waals surface area contributed by atoms with Crippen LogP contribution in [0.15, 0.2) is 0 Å². The van der Waals surface area contributed by atoms with Crippen molar-refractivity contribution in [3.63, 3.8) is 0 Å². The van der Waals surface area contributed by atoms with E-state index in [4.69, 9.17) is 0 Å². The molecule has 0 aromatic rings. The van der Waals surface area contributed by atoms with E-state index in [-0.39, 0.29) is 17.3 Å². The number of hydrogen-bond donors (Lipinski definition) is 1. The van der Waals surface area contributed by atoms with Gasteiger partial charge in [0.05, 0.1) is 12.5 Å². The van der Waals surface area contributed by atoms with E-state index < -0.39 is 4.83 Å². The summed E-state index contributed by atoms with van der Waals surface area (Å²) >= 11 is 3.26. The van der Waals surface area contributed by atoms with Crippen LogP contribution >= 0.6 is 15.9 Å². The number of alkyl halides is 1.